The number of amides is 1. The van der Waals surface area contributed by atoms with Crippen molar-refractivity contribution in [3.8, 4) is 0 Å². The molecule has 0 atom stereocenters. The molecule has 1 aromatic heterocycles. The zero-order valence-electron chi connectivity index (χ0n) is 12.7. The van der Waals surface area contributed by atoms with Crippen molar-refractivity contribution in [3.63, 3.8) is 0 Å². The number of halogens is 1. The predicted molar refractivity (Wildman–Crippen MR) is 85.5 cm³/mol. The second kappa shape index (κ2) is 7.61. The van der Waals surface area contributed by atoms with Gasteiger partial charge in [0.15, 0.2) is 0 Å². The van der Waals surface area contributed by atoms with Crippen molar-refractivity contribution in [2.24, 2.45) is 5.92 Å². The summed E-state index contributed by atoms with van der Waals surface area (Å²) >= 11 is 6.24. The molecule has 0 radical (unpaired) electrons. The molecule has 0 saturated carbocycles. The molecule has 2 N–H and O–H groups in total. The van der Waals surface area contributed by atoms with Crippen molar-refractivity contribution in [2.75, 3.05) is 32.0 Å². The monoisotopic (exact) mass is 310 g/mol. The summed E-state index contributed by atoms with van der Waals surface area (Å²) in [7, 11) is 1.70. The topological polar surface area (TPSA) is 57.3 Å². The molecular formula is C15H23ClN4O. The molecule has 2 rings (SSSR count). The summed E-state index contributed by atoms with van der Waals surface area (Å²) in [5.74, 6) is 1.15. The lowest BCUT2D eigenvalue weighted by Crippen LogP contribution is -2.39. The normalized spacial score (nSPS) is 16.7. The molecule has 21 heavy (non-hydrogen) atoms. The molecule has 0 aromatic carbocycles. The summed E-state index contributed by atoms with van der Waals surface area (Å²) in [5.41, 5.74) is 0.897. The lowest BCUT2D eigenvalue weighted by Gasteiger charge is -2.31. The van der Waals surface area contributed by atoms with E-state index in [-0.39, 0.29) is 11.8 Å². The lowest BCUT2D eigenvalue weighted by molar-refractivity contribution is -0.125. The minimum absolute atomic E-state index is 0.141. The summed E-state index contributed by atoms with van der Waals surface area (Å²) in [5, 5.41) is 6.63. The maximum atomic E-state index is 11.6. The predicted octanol–water partition coefficient (Wildman–Crippen LogP) is 2.12. The van der Waals surface area contributed by atoms with Crippen molar-refractivity contribution < 1.29 is 4.79 Å². The quantitative estimate of drug-likeness (QED) is 0.875. The van der Waals surface area contributed by atoms with Gasteiger partial charge in [-0.3, -0.25) is 9.69 Å². The Morgan fingerprint density at radius 3 is 2.76 bits per heavy atom. The van der Waals surface area contributed by atoms with E-state index in [0.717, 1.165) is 50.5 Å². The van der Waals surface area contributed by atoms with Crippen LogP contribution in [0.15, 0.2) is 12.1 Å². The fourth-order valence-corrected chi connectivity index (χ4v) is 2.81. The number of carbonyl (C=O) groups is 1. The highest BCUT2D eigenvalue weighted by molar-refractivity contribution is 6.31. The van der Waals surface area contributed by atoms with Gasteiger partial charge in [0, 0.05) is 26.1 Å². The summed E-state index contributed by atoms with van der Waals surface area (Å²) in [6, 6.07) is 3.78. The van der Waals surface area contributed by atoms with E-state index in [2.05, 4.69) is 20.5 Å². The maximum Gasteiger partial charge on any atom is 0.222 e. The molecule has 5 nitrogen and oxygen atoms in total. The number of hydrogen-bond acceptors (Lipinski definition) is 4. The molecule has 1 aliphatic rings. The SMILES string of the molecule is CCNc1ccc(Cl)c(CN2CCC(C(=O)NC)CC2)n1. The molecule has 2 heterocycles. The van der Waals surface area contributed by atoms with Gasteiger partial charge < -0.3 is 10.6 Å². The summed E-state index contributed by atoms with van der Waals surface area (Å²) < 4.78 is 0. The van der Waals surface area contributed by atoms with Gasteiger partial charge in [0.05, 0.1) is 10.7 Å². The number of pyridine rings is 1. The van der Waals surface area contributed by atoms with Crippen molar-refractivity contribution in [2.45, 2.75) is 26.3 Å². The second-order valence-corrected chi connectivity index (χ2v) is 5.73. The number of piperidine rings is 1. The molecule has 0 unspecified atom stereocenters. The van der Waals surface area contributed by atoms with Crippen LogP contribution >= 0.6 is 11.6 Å². The van der Waals surface area contributed by atoms with Crippen LogP contribution in [0.5, 0.6) is 0 Å². The van der Waals surface area contributed by atoms with Gasteiger partial charge in [-0.15, -0.1) is 0 Å². The first kappa shape index (κ1) is 16.0. The highest BCUT2D eigenvalue weighted by atomic mass is 35.5. The minimum atomic E-state index is 0.141. The van der Waals surface area contributed by atoms with E-state index < -0.39 is 0 Å². The van der Waals surface area contributed by atoms with Crippen LogP contribution in [0.3, 0.4) is 0 Å². The van der Waals surface area contributed by atoms with Crippen LogP contribution in [0.4, 0.5) is 5.82 Å². The number of carbonyl (C=O) groups excluding carboxylic acids is 1. The highest BCUT2D eigenvalue weighted by Crippen LogP contribution is 2.22. The average molecular weight is 311 g/mol. The molecule has 1 aromatic rings. The average Bonchev–Trinajstić information content (AvgIpc) is 2.51. The van der Waals surface area contributed by atoms with Crippen molar-refractivity contribution >= 4 is 23.3 Å². The molecule has 1 saturated heterocycles. The van der Waals surface area contributed by atoms with E-state index in [4.69, 9.17) is 11.6 Å². The van der Waals surface area contributed by atoms with Gasteiger partial charge >= 0.3 is 0 Å². The molecular weight excluding hydrogens is 288 g/mol. The van der Waals surface area contributed by atoms with Crippen LogP contribution < -0.4 is 10.6 Å². The molecule has 1 amide bonds. The first-order valence-electron chi connectivity index (χ1n) is 7.47. The third-order valence-corrected chi connectivity index (χ3v) is 4.20. The van der Waals surface area contributed by atoms with Gasteiger partial charge in [-0.25, -0.2) is 4.98 Å². The first-order valence-corrected chi connectivity index (χ1v) is 7.85. The molecule has 0 bridgehead atoms. The number of aromatic nitrogens is 1. The van der Waals surface area contributed by atoms with Gasteiger partial charge in [-0.05, 0) is 45.0 Å². The number of anilines is 1. The first-order chi connectivity index (χ1) is 10.1. The lowest BCUT2D eigenvalue weighted by atomic mass is 9.96. The van der Waals surface area contributed by atoms with Gasteiger partial charge in [-0.1, -0.05) is 11.6 Å². The Bertz CT molecular complexity index is 487. The fraction of sp³-hybridized carbons (Fsp3) is 0.600. The number of nitrogens with one attached hydrogen (secondary N) is 2. The number of nitrogens with zero attached hydrogens (tertiary/aromatic N) is 2. The van der Waals surface area contributed by atoms with E-state index >= 15 is 0 Å². The molecule has 116 valence electrons. The Morgan fingerprint density at radius 1 is 1.43 bits per heavy atom. The summed E-state index contributed by atoms with van der Waals surface area (Å²) in [6.45, 7) is 5.42. The Hall–Kier alpha value is -1.33. The highest BCUT2D eigenvalue weighted by Gasteiger charge is 2.24. The third-order valence-electron chi connectivity index (χ3n) is 3.85. The second-order valence-electron chi connectivity index (χ2n) is 5.32. The van der Waals surface area contributed by atoms with E-state index in [1.54, 1.807) is 7.05 Å². The number of hydrogen-bond donors (Lipinski definition) is 2. The summed E-state index contributed by atoms with van der Waals surface area (Å²) in [6.07, 6.45) is 1.79. The van der Waals surface area contributed by atoms with Gasteiger partial charge in [0.25, 0.3) is 0 Å². The fourth-order valence-electron chi connectivity index (χ4n) is 2.64. The number of likely N-dealkylation sites (tertiary alicyclic amines) is 1. The van der Waals surface area contributed by atoms with Crippen LogP contribution in [-0.2, 0) is 11.3 Å². The van der Waals surface area contributed by atoms with Gasteiger partial charge in [-0.2, -0.15) is 0 Å². The van der Waals surface area contributed by atoms with E-state index in [9.17, 15) is 4.79 Å². The largest absolute Gasteiger partial charge is 0.370 e. The smallest absolute Gasteiger partial charge is 0.222 e. The Kier molecular flexibility index (Phi) is 5.82. The zero-order valence-corrected chi connectivity index (χ0v) is 13.4. The van der Waals surface area contributed by atoms with E-state index in [1.165, 1.54) is 0 Å². The van der Waals surface area contributed by atoms with E-state index in [1.807, 2.05) is 19.1 Å². The Balaban J connectivity index is 1.94. The maximum absolute atomic E-state index is 11.6. The van der Waals surface area contributed by atoms with Crippen molar-refractivity contribution in [1.29, 1.82) is 0 Å². The zero-order chi connectivity index (χ0) is 15.2. The molecule has 0 spiro atoms. The molecule has 1 aliphatic heterocycles. The van der Waals surface area contributed by atoms with Crippen LogP contribution in [-0.4, -0.2) is 42.5 Å². The van der Waals surface area contributed by atoms with Crippen LogP contribution in [0.2, 0.25) is 5.02 Å². The summed E-state index contributed by atoms with van der Waals surface area (Å²) in [4.78, 5) is 18.5. The Morgan fingerprint density at radius 2 is 2.14 bits per heavy atom. The molecule has 0 aliphatic carbocycles. The minimum Gasteiger partial charge on any atom is -0.370 e. The van der Waals surface area contributed by atoms with Crippen LogP contribution in [0.25, 0.3) is 0 Å². The van der Waals surface area contributed by atoms with E-state index in [0.29, 0.717) is 5.02 Å². The van der Waals surface area contributed by atoms with Gasteiger partial charge in [0.1, 0.15) is 5.82 Å². The van der Waals surface area contributed by atoms with Gasteiger partial charge in [0.2, 0.25) is 5.91 Å². The third kappa shape index (κ3) is 4.32. The molecule has 1 fully saturated rings. The van der Waals surface area contributed by atoms with Crippen molar-refractivity contribution in [3.05, 3.63) is 22.8 Å². The number of rotatable bonds is 5. The molecule has 6 heteroatoms. The standard InChI is InChI=1S/C15H23ClN4O/c1-3-18-14-5-4-12(16)13(19-14)10-20-8-6-11(7-9-20)15(21)17-2/h4-5,11H,3,6-10H2,1-2H3,(H,17,21)(H,18,19). The van der Waals surface area contributed by atoms with Crippen LogP contribution in [0, 0.1) is 5.92 Å². The van der Waals surface area contributed by atoms with Crippen molar-refractivity contribution in [1.82, 2.24) is 15.2 Å². The van der Waals surface area contributed by atoms with Crippen LogP contribution in [0.1, 0.15) is 25.5 Å². The Labute approximate surface area is 131 Å².